The molecule has 31 heavy (non-hydrogen) atoms. The Morgan fingerprint density at radius 3 is 2.45 bits per heavy atom. The Balaban J connectivity index is 2.48. The van der Waals surface area contributed by atoms with Gasteiger partial charge in [-0.2, -0.15) is 0 Å². The van der Waals surface area contributed by atoms with Crippen LogP contribution in [0.1, 0.15) is 25.3 Å². The first kappa shape index (κ1) is 24.9. The zero-order valence-electron chi connectivity index (χ0n) is 18.0. The molecule has 0 bridgehead atoms. The van der Waals surface area contributed by atoms with Crippen LogP contribution in [-0.2, 0) is 28.5 Å². The second-order valence-corrected chi connectivity index (χ2v) is 7.08. The first-order valence-electron chi connectivity index (χ1n) is 10.0. The van der Waals surface area contributed by atoms with E-state index >= 15 is 0 Å². The van der Waals surface area contributed by atoms with Gasteiger partial charge in [0.1, 0.15) is 0 Å². The van der Waals surface area contributed by atoms with Crippen LogP contribution in [0.15, 0.2) is 46.8 Å². The SMILES string of the molecule is CCOC(=O)C1=C(COCCOCCN)NC(C)=C(C(=O)OC)[C@@H]1c1ccccc1Cl. The van der Waals surface area contributed by atoms with Crippen molar-refractivity contribution in [3.8, 4) is 0 Å². The van der Waals surface area contributed by atoms with Gasteiger partial charge in [-0.25, -0.2) is 9.59 Å². The molecule has 0 amide bonds. The molecule has 1 aliphatic heterocycles. The summed E-state index contributed by atoms with van der Waals surface area (Å²) in [4.78, 5) is 25.7. The number of halogens is 1. The van der Waals surface area contributed by atoms with Gasteiger partial charge in [-0.1, -0.05) is 29.8 Å². The van der Waals surface area contributed by atoms with Crippen molar-refractivity contribution in [1.82, 2.24) is 5.32 Å². The third-order valence-corrected chi connectivity index (χ3v) is 4.99. The van der Waals surface area contributed by atoms with Gasteiger partial charge < -0.3 is 30.0 Å². The maximum Gasteiger partial charge on any atom is 0.336 e. The Kier molecular flexibility index (Phi) is 10.00. The second-order valence-electron chi connectivity index (χ2n) is 6.68. The third kappa shape index (κ3) is 6.30. The van der Waals surface area contributed by atoms with E-state index in [4.69, 9.17) is 36.3 Å². The zero-order chi connectivity index (χ0) is 22.8. The van der Waals surface area contributed by atoms with E-state index in [1.165, 1.54) is 7.11 Å². The Hall–Kier alpha value is -2.39. The maximum absolute atomic E-state index is 13.0. The highest BCUT2D eigenvalue weighted by molar-refractivity contribution is 6.31. The van der Waals surface area contributed by atoms with Crippen molar-refractivity contribution in [1.29, 1.82) is 0 Å². The van der Waals surface area contributed by atoms with E-state index in [2.05, 4.69) is 5.32 Å². The smallest absolute Gasteiger partial charge is 0.336 e. The summed E-state index contributed by atoms with van der Waals surface area (Å²) in [5.41, 5.74) is 7.57. The number of carbonyl (C=O) groups is 2. The summed E-state index contributed by atoms with van der Waals surface area (Å²) in [5.74, 6) is -1.90. The highest BCUT2D eigenvalue weighted by Crippen LogP contribution is 2.41. The van der Waals surface area contributed by atoms with Crippen molar-refractivity contribution in [3.05, 3.63) is 57.4 Å². The highest BCUT2D eigenvalue weighted by Gasteiger charge is 2.39. The quantitative estimate of drug-likeness (QED) is 0.389. The monoisotopic (exact) mass is 452 g/mol. The minimum absolute atomic E-state index is 0.0902. The van der Waals surface area contributed by atoms with Crippen molar-refractivity contribution >= 4 is 23.5 Å². The van der Waals surface area contributed by atoms with Crippen molar-refractivity contribution in [2.45, 2.75) is 19.8 Å². The van der Waals surface area contributed by atoms with E-state index in [9.17, 15) is 9.59 Å². The molecular formula is C22H29ClN2O6. The van der Waals surface area contributed by atoms with Crippen LogP contribution in [0.4, 0.5) is 0 Å². The molecule has 9 heteroatoms. The summed E-state index contributed by atoms with van der Waals surface area (Å²) in [6.07, 6.45) is 0. The van der Waals surface area contributed by atoms with Gasteiger partial charge in [0.05, 0.1) is 62.9 Å². The molecule has 0 aromatic heterocycles. The van der Waals surface area contributed by atoms with Gasteiger partial charge in [0, 0.05) is 17.3 Å². The number of nitrogens with one attached hydrogen (secondary N) is 1. The molecule has 1 aromatic rings. The molecule has 0 spiro atoms. The molecule has 1 aliphatic rings. The summed E-state index contributed by atoms with van der Waals surface area (Å²) in [6.45, 7) is 5.27. The van der Waals surface area contributed by atoms with Crippen LogP contribution in [0.3, 0.4) is 0 Å². The average molecular weight is 453 g/mol. The van der Waals surface area contributed by atoms with Crippen molar-refractivity contribution in [2.75, 3.05) is 46.7 Å². The van der Waals surface area contributed by atoms with Gasteiger partial charge in [0.15, 0.2) is 0 Å². The van der Waals surface area contributed by atoms with Gasteiger partial charge in [-0.3, -0.25) is 0 Å². The van der Waals surface area contributed by atoms with E-state index in [0.717, 1.165) is 0 Å². The molecule has 0 fully saturated rings. The van der Waals surface area contributed by atoms with E-state index in [1.807, 2.05) is 0 Å². The molecule has 1 atom stereocenters. The predicted molar refractivity (Wildman–Crippen MR) is 116 cm³/mol. The van der Waals surface area contributed by atoms with Crippen molar-refractivity contribution < 1.29 is 28.5 Å². The maximum atomic E-state index is 13.0. The van der Waals surface area contributed by atoms with E-state index in [1.54, 1.807) is 38.1 Å². The van der Waals surface area contributed by atoms with Gasteiger partial charge in [0.2, 0.25) is 0 Å². The van der Waals surface area contributed by atoms with Crippen molar-refractivity contribution in [2.24, 2.45) is 5.73 Å². The molecule has 0 unspecified atom stereocenters. The normalized spacial score (nSPS) is 16.2. The molecule has 0 radical (unpaired) electrons. The summed E-state index contributed by atoms with van der Waals surface area (Å²) in [5, 5.41) is 3.54. The number of allylic oxidation sites excluding steroid dienone is 1. The average Bonchev–Trinajstić information content (AvgIpc) is 2.75. The van der Waals surface area contributed by atoms with Crippen LogP contribution >= 0.6 is 11.6 Å². The fourth-order valence-electron chi connectivity index (χ4n) is 3.34. The fourth-order valence-corrected chi connectivity index (χ4v) is 3.58. The summed E-state index contributed by atoms with van der Waals surface area (Å²) >= 11 is 6.46. The lowest BCUT2D eigenvalue weighted by Crippen LogP contribution is -2.35. The Morgan fingerprint density at radius 2 is 1.81 bits per heavy atom. The van der Waals surface area contributed by atoms with E-state index < -0.39 is 17.9 Å². The lowest BCUT2D eigenvalue weighted by atomic mass is 9.80. The number of rotatable bonds is 11. The number of hydrogen-bond acceptors (Lipinski definition) is 8. The number of benzene rings is 1. The van der Waals surface area contributed by atoms with Gasteiger partial charge in [-0.15, -0.1) is 0 Å². The van der Waals surface area contributed by atoms with Crippen LogP contribution in [0.2, 0.25) is 5.02 Å². The molecule has 1 aromatic carbocycles. The van der Waals surface area contributed by atoms with Crippen LogP contribution in [0, 0.1) is 0 Å². The predicted octanol–water partition coefficient (Wildman–Crippen LogP) is 2.28. The Bertz CT molecular complexity index is 852. The summed E-state index contributed by atoms with van der Waals surface area (Å²) < 4.78 is 21.3. The third-order valence-electron chi connectivity index (χ3n) is 4.64. The first-order valence-corrected chi connectivity index (χ1v) is 10.4. The molecule has 170 valence electrons. The largest absolute Gasteiger partial charge is 0.466 e. The minimum Gasteiger partial charge on any atom is -0.466 e. The summed E-state index contributed by atoms with van der Waals surface area (Å²) in [6, 6.07) is 7.05. The molecule has 2 rings (SSSR count). The molecule has 3 N–H and O–H groups in total. The number of ether oxygens (including phenoxy) is 4. The van der Waals surface area contributed by atoms with Gasteiger partial charge in [-0.05, 0) is 25.5 Å². The van der Waals surface area contributed by atoms with Gasteiger partial charge in [0.25, 0.3) is 0 Å². The van der Waals surface area contributed by atoms with E-state index in [0.29, 0.717) is 48.3 Å². The second kappa shape index (κ2) is 12.5. The molecule has 0 saturated heterocycles. The highest BCUT2D eigenvalue weighted by atomic mass is 35.5. The molecular weight excluding hydrogens is 424 g/mol. The van der Waals surface area contributed by atoms with Gasteiger partial charge >= 0.3 is 11.9 Å². The number of carbonyl (C=O) groups excluding carboxylic acids is 2. The Labute approximate surface area is 187 Å². The van der Waals surface area contributed by atoms with E-state index in [-0.39, 0.29) is 24.4 Å². The molecule has 0 saturated carbocycles. The zero-order valence-corrected chi connectivity index (χ0v) is 18.8. The Morgan fingerprint density at radius 1 is 1.10 bits per heavy atom. The fraction of sp³-hybridized carbons (Fsp3) is 0.455. The standard InChI is InChI=1S/C22H29ClN2O6/c1-4-31-22(27)20-17(13-30-12-11-29-10-9-24)25-14(2)18(21(26)28-3)19(20)15-7-5-6-8-16(15)23/h5-8,19,25H,4,9-13,24H2,1-3H3/t19-/m0/s1. The van der Waals surface area contributed by atoms with Crippen molar-refractivity contribution in [3.63, 3.8) is 0 Å². The van der Waals surface area contributed by atoms with Crippen LogP contribution in [0.25, 0.3) is 0 Å². The molecule has 1 heterocycles. The topological polar surface area (TPSA) is 109 Å². The van der Waals surface area contributed by atoms with Crippen LogP contribution in [-0.4, -0.2) is 58.6 Å². The lowest BCUT2D eigenvalue weighted by molar-refractivity contribution is -0.139. The lowest BCUT2D eigenvalue weighted by Gasteiger charge is -2.31. The molecule has 0 aliphatic carbocycles. The number of methoxy groups -OCH3 is 1. The molecule has 8 nitrogen and oxygen atoms in total. The number of hydrogen-bond donors (Lipinski definition) is 2. The van der Waals surface area contributed by atoms with Crippen LogP contribution in [0.5, 0.6) is 0 Å². The number of nitrogens with two attached hydrogens (primary N) is 1. The minimum atomic E-state index is -0.770. The number of dihydropyridines is 1. The number of esters is 2. The van der Waals surface area contributed by atoms with Crippen LogP contribution < -0.4 is 11.1 Å². The first-order chi connectivity index (χ1) is 15.0. The summed E-state index contributed by atoms with van der Waals surface area (Å²) in [7, 11) is 1.29.